The zero-order valence-corrected chi connectivity index (χ0v) is 12.7. The normalized spacial score (nSPS) is 25.1. The molecule has 0 unspecified atom stereocenters. The number of fused-ring (bicyclic) bond motifs is 2. The lowest BCUT2D eigenvalue weighted by Crippen LogP contribution is -2.42. The molecule has 0 saturated heterocycles. The van der Waals surface area contributed by atoms with Crippen LogP contribution < -0.4 is 10.9 Å². The smallest absolute Gasteiger partial charge is 0.270 e. The van der Waals surface area contributed by atoms with Gasteiger partial charge in [0.25, 0.3) is 11.6 Å². The molecule has 122 valence electrons. The molecule has 2 saturated carbocycles. The molecule has 0 spiro atoms. The second-order valence-electron chi connectivity index (χ2n) is 6.45. The number of hydrazine groups is 1. The monoisotopic (exact) mass is 317 g/mol. The Morgan fingerprint density at radius 3 is 2.70 bits per heavy atom. The summed E-state index contributed by atoms with van der Waals surface area (Å²) in [5.41, 5.74) is 4.71. The maximum Gasteiger partial charge on any atom is 0.270 e. The van der Waals surface area contributed by atoms with Crippen LogP contribution in [0.4, 0.5) is 5.69 Å². The number of benzene rings is 1. The van der Waals surface area contributed by atoms with E-state index in [1.807, 2.05) is 0 Å². The minimum atomic E-state index is -0.565. The Morgan fingerprint density at radius 1 is 1.22 bits per heavy atom. The molecule has 1 aromatic carbocycles. The summed E-state index contributed by atoms with van der Waals surface area (Å²) < 4.78 is 0. The predicted octanol–water partition coefficient (Wildman–Crippen LogP) is 2.18. The van der Waals surface area contributed by atoms with Gasteiger partial charge in [0, 0.05) is 24.1 Å². The lowest BCUT2D eigenvalue weighted by atomic mass is 9.86. The Hall–Kier alpha value is -2.44. The van der Waals surface area contributed by atoms with Crippen molar-refractivity contribution in [1.29, 1.82) is 0 Å². The van der Waals surface area contributed by atoms with Gasteiger partial charge in [-0.2, -0.15) is 0 Å². The van der Waals surface area contributed by atoms with Crippen LogP contribution in [0.5, 0.6) is 0 Å². The summed E-state index contributed by atoms with van der Waals surface area (Å²) >= 11 is 0. The van der Waals surface area contributed by atoms with Gasteiger partial charge in [0.1, 0.15) is 0 Å². The fraction of sp³-hybridized carbons (Fsp3) is 0.500. The highest BCUT2D eigenvalue weighted by Crippen LogP contribution is 2.49. The lowest BCUT2D eigenvalue weighted by Gasteiger charge is -2.20. The molecule has 2 amide bonds. The average Bonchev–Trinajstić information content (AvgIpc) is 3.15. The second kappa shape index (κ2) is 6.36. The first kappa shape index (κ1) is 15.5. The number of carbonyl (C=O) groups excluding carboxylic acids is 2. The molecular formula is C16H19N3O4. The first-order chi connectivity index (χ1) is 11.0. The maximum atomic E-state index is 12.0. The van der Waals surface area contributed by atoms with Crippen molar-refractivity contribution in [3.05, 3.63) is 39.9 Å². The SMILES string of the molecule is O=C(C[C@@H]1C[C@@H]2CC[C@@H]1C2)NNC(=O)c1cccc([N+](=O)[O-])c1. The molecule has 23 heavy (non-hydrogen) atoms. The quantitative estimate of drug-likeness (QED) is 0.656. The molecule has 2 aliphatic carbocycles. The third-order valence-corrected chi connectivity index (χ3v) is 4.97. The van der Waals surface area contributed by atoms with Crippen molar-refractivity contribution in [2.75, 3.05) is 0 Å². The summed E-state index contributed by atoms with van der Waals surface area (Å²) in [6.07, 6.45) is 5.26. The Bertz CT molecular complexity index is 646. The number of rotatable bonds is 4. The number of hydrogen-bond acceptors (Lipinski definition) is 4. The van der Waals surface area contributed by atoms with Gasteiger partial charge >= 0.3 is 0 Å². The van der Waals surface area contributed by atoms with E-state index >= 15 is 0 Å². The molecule has 0 radical (unpaired) electrons. The zero-order chi connectivity index (χ0) is 16.4. The second-order valence-corrected chi connectivity index (χ2v) is 6.45. The van der Waals surface area contributed by atoms with Crippen molar-refractivity contribution in [2.45, 2.75) is 32.1 Å². The summed E-state index contributed by atoms with van der Waals surface area (Å²) in [6.45, 7) is 0. The molecule has 1 aromatic rings. The van der Waals surface area contributed by atoms with Crippen molar-refractivity contribution in [3.63, 3.8) is 0 Å². The molecule has 2 aliphatic rings. The molecule has 7 nitrogen and oxygen atoms in total. The third kappa shape index (κ3) is 3.49. The molecule has 2 bridgehead atoms. The number of carbonyl (C=O) groups is 2. The van der Waals surface area contributed by atoms with Crippen LogP contribution >= 0.6 is 0 Å². The summed E-state index contributed by atoms with van der Waals surface area (Å²) in [5, 5.41) is 10.7. The number of nitrogens with one attached hydrogen (secondary N) is 2. The van der Waals surface area contributed by atoms with E-state index in [4.69, 9.17) is 0 Å². The van der Waals surface area contributed by atoms with Crippen LogP contribution in [0.15, 0.2) is 24.3 Å². The summed E-state index contributed by atoms with van der Waals surface area (Å²) in [7, 11) is 0. The Labute approximate surface area is 133 Å². The summed E-state index contributed by atoms with van der Waals surface area (Å²) in [4.78, 5) is 34.0. The van der Waals surface area contributed by atoms with Crippen LogP contribution in [0, 0.1) is 27.9 Å². The number of amides is 2. The van der Waals surface area contributed by atoms with Crippen molar-refractivity contribution in [1.82, 2.24) is 10.9 Å². The van der Waals surface area contributed by atoms with Crippen LogP contribution in [0.1, 0.15) is 42.5 Å². The molecule has 7 heteroatoms. The van der Waals surface area contributed by atoms with Crippen molar-refractivity contribution >= 4 is 17.5 Å². The van der Waals surface area contributed by atoms with E-state index in [0.29, 0.717) is 18.3 Å². The van der Waals surface area contributed by atoms with Gasteiger partial charge < -0.3 is 0 Å². The molecule has 0 heterocycles. The van der Waals surface area contributed by atoms with Gasteiger partial charge in [-0.1, -0.05) is 12.5 Å². The van der Waals surface area contributed by atoms with Crippen molar-refractivity contribution in [2.24, 2.45) is 17.8 Å². The molecule has 3 rings (SSSR count). The first-order valence-corrected chi connectivity index (χ1v) is 7.86. The van der Waals surface area contributed by atoms with E-state index in [1.54, 1.807) is 0 Å². The first-order valence-electron chi connectivity index (χ1n) is 7.86. The van der Waals surface area contributed by atoms with E-state index in [0.717, 1.165) is 12.3 Å². The van der Waals surface area contributed by atoms with Gasteiger partial charge in [0.05, 0.1) is 4.92 Å². The molecule has 3 atom stereocenters. The van der Waals surface area contributed by atoms with Crippen LogP contribution in [0.3, 0.4) is 0 Å². The minimum absolute atomic E-state index is 0.138. The molecule has 0 aromatic heterocycles. The highest BCUT2D eigenvalue weighted by Gasteiger charge is 2.40. The van der Waals surface area contributed by atoms with E-state index < -0.39 is 10.8 Å². The Morgan fingerprint density at radius 2 is 2.04 bits per heavy atom. The number of hydrogen-bond donors (Lipinski definition) is 2. The van der Waals surface area contributed by atoms with E-state index in [9.17, 15) is 19.7 Å². The van der Waals surface area contributed by atoms with Gasteiger partial charge in [0.15, 0.2) is 0 Å². The van der Waals surface area contributed by atoms with Crippen LogP contribution in [0.2, 0.25) is 0 Å². The summed E-state index contributed by atoms with van der Waals surface area (Å²) in [5.74, 6) is 1.08. The fourth-order valence-electron chi connectivity index (χ4n) is 3.87. The van der Waals surface area contributed by atoms with Gasteiger partial charge in [-0.25, -0.2) is 0 Å². The Kier molecular flexibility index (Phi) is 4.27. The van der Waals surface area contributed by atoms with Gasteiger partial charge in [-0.15, -0.1) is 0 Å². The highest BCUT2D eigenvalue weighted by molar-refractivity contribution is 5.95. The largest absolute Gasteiger partial charge is 0.273 e. The average molecular weight is 317 g/mol. The fourth-order valence-corrected chi connectivity index (χ4v) is 3.87. The molecule has 2 N–H and O–H groups in total. The molecule has 0 aliphatic heterocycles. The van der Waals surface area contributed by atoms with E-state index in [2.05, 4.69) is 10.9 Å². The summed E-state index contributed by atoms with van der Waals surface area (Å²) in [6, 6.07) is 5.39. The van der Waals surface area contributed by atoms with Crippen molar-refractivity contribution in [3.8, 4) is 0 Å². The van der Waals surface area contributed by atoms with Gasteiger partial charge in [0.2, 0.25) is 5.91 Å². The maximum absolute atomic E-state index is 12.0. The van der Waals surface area contributed by atoms with Gasteiger partial charge in [-0.05, 0) is 43.1 Å². The predicted molar refractivity (Wildman–Crippen MR) is 82.3 cm³/mol. The minimum Gasteiger partial charge on any atom is -0.273 e. The Balaban J connectivity index is 1.49. The standard InChI is InChI=1S/C16H19N3O4/c20-15(9-13-7-10-4-5-11(13)6-10)17-18-16(21)12-2-1-3-14(8-12)19(22)23/h1-3,8,10-11,13H,4-7,9H2,(H,17,20)(H,18,21)/t10-,11-,13+/m1/s1. The van der Waals surface area contributed by atoms with Crippen molar-refractivity contribution < 1.29 is 14.5 Å². The lowest BCUT2D eigenvalue weighted by molar-refractivity contribution is -0.384. The van der Waals surface area contributed by atoms with Crippen LogP contribution in [-0.2, 0) is 4.79 Å². The van der Waals surface area contributed by atoms with E-state index in [1.165, 1.54) is 43.5 Å². The number of nitro benzene ring substituents is 1. The number of nitrogens with zero attached hydrogens (tertiary/aromatic N) is 1. The van der Waals surface area contributed by atoms with E-state index in [-0.39, 0.29) is 17.2 Å². The number of nitro groups is 1. The van der Waals surface area contributed by atoms with Crippen LogP contribution in [-0.4, -0.2) is 16.7 Å². The topological polar surface area (TPSA) is 101 Å². The van der Waals surface area contributed by atoms with Gasteiger partial charge in [-0.3, -0.25) is 30.6 Å². The number of non-ortho nitro benzene ring substituents is 1. The third-order valence-electron chi connectivity index (χ3n) is 4.97. The van der Waals surface area contributed by atoms with Crippen LogP contribution in [0.25, 0.3) is 0 Å². The highest BCUT2D eigenvalue weighted by atomic mass is 16.6. The molecule has 2 fully saturated rings. The molecular weight excluding hydrogens is 298 g/mol. The zero-order valence-electron chi connectivity index (χ0n) is 12.7.